The second kappa shape index (κ2) is 9.24. The number of hydrogen-bond donors (Lipinski definition) is 0. The van der Waals surface area contributed by atoms with E-state index in [1.54, 1.807) is 31.4 Å². The standard InChI is InChI=1S/C20H30N2O5S/c1-3-20(23)22(17-10-14-27-15-11-17)16-8-12-21(13-9-16)28(24,25)19-6-4-18(26-2)5-7-19/h4-7,16-17H,3,8-15H2,1-2H3. The van der Waals surface area contributed by atoms with Gasteiger partial charge in [0.1, 0.15) is 5.75 Å². The minimum atomic E-state index is -3.53. The van der Waals surface area contributed by atoms with Crippen molar-refractivity contribution in [2.75, 3.05) is 33.4 Å². The fourth-order valence-electron chi connectivity index (χ4n) is 4.11. The predicted molar refractivity (Wildman–Crippen MR) is 106 cm³/mol. The summed E-state index contributed by atoms with van der Waals surface area (Å²) in [4.78, 5) is 14.9. The first-order chi connectivity index (χ1) is 13.5. The molecule has 7 nitrogen and oxygen atoms in total. The summed E-state index contributed by atoms with van der Waals surface area (Å²) in [6.07, 6.45) is 3.52. The third kappa shape index (κ3) is 4.50. The highest BCUT2D eigenvalue weighted by molar-refractivity contribution is 7.89. The fourth-order valence-corrected chi connectivity index (χ4v) is 5.58. The van der Waals surface area contributed by atoms with Gasteiger partial charge in [0.05, 0.1) is 12.0 Å². The van der Waals surface area contributed by atoms with Gasteiger partial charge in [-0.15, -0.1) is 0 Å². The second-order valence-corrected chi connectivity index (χ2v) is 9.25. The topological polar surface area (TPSA) is 76.2 Å². The minimum absolute atomic E-state index is 0.0952. The van der Waals surface area contributed by atoms with Crippen LogP contribution >= 0.6 is 0 Å². The van der Waals surface area contributed by atoms with Gasteiger partial charge in [0, 0.05) is 44.8 Å². The molecule has 0 aromatic heterocycles. The molecule has 0 bridgehead atoms. The van der Waals surface area contributed by atoms with Crippen LogP contribution in [0.3, 0.4) is 0 Å². The van der Waals surface area contributed by atoms with Gasteiger partial charge in [-0.05, 0) is 49.9 Å². The van der Waals surface area contributed by atoms with Gasteiger partial charge >= 0.3 is 0 Å². The number of methoxy groups -OCH3 is 1. The Morgan fingerprint density at radius 2 is 1.68 bits per heavy atom. The summed E-state index contributed by atoms with van der Waals surface area (Å²) < 4.78 is 38.0. The van der Waals surface area contributed by atoms with Gasteiger partial charge in [-0.25, -0.2) is 8.42 Å². The number of piperidine rings is 1. The zero-order valence-corrected chi connectivity index (χ0v) is 17.5. The van der Waals surface area contributed by atoms with E-state index in [-0.39, 0.29) is 22.9 Å². The summed E-state index contributed by atoms with van der Waals surface area (Å²) in [5.74, 6) is 0.784. The Bertz CT molecular complexity index is 751. The molecule has 28 heavy (non-hydrogen) atoms. The van der Waals surface area contributed by atoms with E-state index in [2.05, 4.69) is 0 Å². The molecule has 0 aliphatic carbocycles. The van der Waals surface area contributed by atoms with Crippen molar-refractivity contribution < 1.29 is 22.7 Å². The first kappa shape index (κ1) is 21.1. The molecule has 0 unspecified atom stereocenters. The molecule has 3 rings (SSSR count). The van der Waals surface area contributed by atoms with Crippen LogP contribution in [0, 0.1) is 0 Å². The van der Waals surface area contributed by atoms with E-state index in [4.69, 9.17) is 9.47 Å². The maximum Gasteiger partial charge on any atom is 0.243 e. The van der Waals surface area contributed by atoms with Gasteiger partial charge in [0.15, 0.2) is 0 Å². The predicted octanol–water partition coefficient (Wildman–Crippen LogP) is 2.27. The first-order valence-corrected chi connectivity index (χ1v) is 11.4. The number of carbonyl (C=O) groups is 1. The van der Waals surface area contributed by atoms with E-state index in [0.29, 0.717) is 51.3 Å². The van der Waals surface area contributed by atoms with Gasteiger partial charge in [-0.3, -0.25) is 4.79 Å². The van der Waals surface area contributed by atoms with Crippen molar-refractivity contribution in [1.82, 2.24) is 9.21 Å². The number of carbonyl (C=O) groups excluding carboxylic acids is 1. The maximum absolute atomic E-state index is 12.9. The molecule has 0 saturated carbocycles. The van der Waals surface area contributed by atoms with Crippen LogP contribution in [0.15, 0.2) is 29.2 Å². The van der Waals surface area contributed by atoms with Crippen LogP contribution in [0.25, 0.3) is 0 Å². The molecule has 2 heterocycles. The van der Waals surface area contributed by atoms with Gasteiger partial charge in [0.2, 0.25) is 15.9 Å². The van der Waals surface area contributed by atoms with E-state index < -0.39 is 10.0 Å². The Morgan fingerprint density at radius 3 is 2.21 bits per heavy atom. The number of ether oxygens (including phenoxy) is 2. The highest BCUT2D eigenvalue weighted by atomic mass is 32.2. The van der Waals surface area contributed by atoms with Crippen LogP contribution in [-0.4, -0.2) is 69.0 Å². The molecule has 0 radical (unpaired) electrons. The highest BCUT2D eigenvalue weighted by Gasteiger charge is 2.36. The zero-order valence-electron chi connectivity index (χ0n) is 16.7. The maximum atomic E-state index is 12.9. The second-order valence-electron chi connectivity index (χ2n) is 7.31. The molecule has 2 aliphatic rings. The number of benzene rings is 1. The summed E-state index contributed by atoms with van der Waals surface area (Å²) in [6.45, 7) is 4.11. The molecule has 0 spiro atoms. The Labute approximate surface area is 167 Å². The van der Waals surface area contributed by atoms with Gasteiger partial charge in [-0.1, -0.05) is 6.92 Å². The van der Waals surface area contributed by atoms with Crippen molar-refractivity contribution in [3.05, 3.63) is 24.3 Å². The van der Waals surface area contributed by atoms with E-state index in [1.807, 2.05) is 11.8 Å². The first-order valence-electron chi connectivity index (χ1n) is 10.0. The largest absolute Gasteiger partial charge is 0.497 e. The van der Waals surface area contributed by atoms with E-state index in [9.17, 15) is 13.2 Å². The molecule has 0 atom stereocenters. The van der Waals surface area contributed by atoms with Gasteiger partial charge in [-0.2, -0.15) is 4.31 Å². The smallest absolute Gasteiger partial charge is 0.243 e. The van der Waals surface area contributed by atoms with Gasteiger partial charge in [0.25, 0.3) is 0 Å². The molecule has 2 aliphatic heterocycles. The molecule has 1 aromatic carbocycles. The van der Waals surface area contributed by atoms with Crippen molar-refractivity contribution in [1.29, 1.82) is 0 Å². The molecule has 8 heteroatoms. The quantitative estimate of drug-likeness (QED) is 0.719. The van der Waals surface area contributed by atoms with Crippen LogP contribution in [0.2, 0.25) is 0 Å². The van der Waals surface area contributed by atoms with Crippen molar-refractivity contribution in [2.45, 2.75) is 56.0 Å². The van der Waals surface area contributed by atoms with E-state index in [0.717, 1.165) is 12.8 Å². The summed E-state index contributed by atoms with van der Waals surface area (Å²) in [5.41, 5.74) is 0. The Kier molecular flexibility index (Phi) is 6.95. The summed E-state index contributed by atoms with van der Waals surface area (Å²) in [6, 6.07) is 6.78. The van der Waals surface area contributed by atoms with Gasteiger partial charge < -0.3 is 14.4 Å². The lowest BCUT2D eigenvalue weighted by Gasteiger charge is -2.43. The van der Waals surface area contributed by atoms with E-state index >= 15 is 0 Å². The average Bonchev–Trinajstić information content (AvgIpc) is 2.75. The average molecular weight is 411 g/mol. The Morgan fingerprint density at radius 1 is 1.11 bits per heavy atom. The number of rotatable bonds is 6. The highest BCUT2D eigenvalue weighted by Crippen LogP contribution is 2.28. The van der Waals surface area contributed by atoms with Crippen molar-refractivity contribution in [3.63, 3.8) is 0 Å². The number of hydrogen-bond acceptors (Lipinski definition) is 5. The molecule has 1 amide bonds. The Hall–Kier alpha value is -1.64. The lowest BCUT2D eigenvalue weighted by molar-refractivity contribution is -0.139. The van der Waals surface area contributed by atoms with E-state index in [1.165, 1.54) is 4.31 Å². The number of amides is 1. The Balaban J connectivity index is 1.68. The molecular weight excluding hydrogens is 380 g/mol. The number of nitrogens with zero attached hydrogens (tertiary/aromatic N) is 2. The van der Waals surface area contributed by atoms with Crippen LogP contribution in [0.1, 0.15) is 39.0 Å². The number of sulfonamides is 1. The molecule has 2 fully saturated rings. The minimum Gasteiger partial charge on any atom is -0.497 e. The van der Waals surface area contributed by atoms with Crippen LogP contribution in [0.4, 0.5) is 0 Å². The monoisotopic (exact) mass is 410 g/mol. The van der Waals surface area contributed by atoms with Crippen molar-refractivity contribution in [2.24, 2.45) is 0 Å². The van der Waals surface area contributed by atoms with Crippen molar-refractivity contribution >= 4 is 15.9 Å². The zero-order chi connectivity index (χ0) is 20.1. The third-order valence-electron chi connectivity index (χ3n) is 5.69. The van der Waals surface area contributed by atoms with Crippen LogP contribution in [-0.2, 0) is 19.6 Å². The molecular formula is C20H30N2O5S. The third-order valence-corrected chi connectivity index (χ3v) is 7.60. The normalized spacial score (nSPS) is 20.1. The SMILES string of the molecule is CCC(=O)N(C1CCOCC1)C1CCN(S(=O)(=O)c2ccc(OC)cc2)CC1. The summed E-state index contributed by atoms with van der Waals surface area (Å²) in [7, 11) is -1.98. The van der Waals surface area contributed by atoms with Crippen molar-refractivity contribution in [3.8, 4) is 5.75 Å². The molecule has 156 valence electrons. The summed E-state index contributed by atoms with van der Waals surface area (Å²) >= 11 is 0. The lowest BCUT2D eigenvalue weighted by atomic mass is 9.98. The molecule has 1 aromatic rings. The summed E-state index contributed by atoms with van der Waals surface area (Å²) in [5, 5.41) is 0. The molecule has 2 saturated heterocycles. The van der Waals surface area contributed by atoms with Crippen LogP contribution in [0.5, 0.6) is 5.75 Å². The van der Waals surface area contributed by atoms with Crippen LogP contribution < -0.4 is 4.74 Å². The lowest BCUT2D eigenvalue weighted by Crippen LogP contribution is -2.53. The fraction of sp³-hybridized carbons (Fsp3) is 0.650. The molecule has 0 N–H and O–H groups in total.